The average Bonchev–Trinajstić information content (AvgIpc) is 2.34. The topological polar surface area (TPSA) is 138 Å². The molecule has 0 atom stereocenters. The fourth-order valence-corrected chi connectivity index (χ4v) is 0.576. The molecular formula is C10H8F12O6Zn. The first kappa shape index (κ1) is 37.8. The number of alkyl halides is 12. The maximum absolute atomic E-state index is 11.4. The van der Waals surface area contributed by atoms with Crippen molar-refractivity contribution in [3.05, 3.63) is 23.7 Å². The molecule has 0 aromatic heterocycles. The zero-order valence-electron chi connectivity index (χ0n) is 13.1. The van der Waals surface area contributed by atoms with Gasteiger partial charge in [-0.3, -0.25) is 9.59 Å². The van der Waals surface area contributed by atoms with E-state index in [9.17, 15) is 62.3 Å². The minimum Gasteiger partial charge on any atom is -0.504 e. The number of allylic oxidation sites excluding steroid dienone is 4. The second-order valence-electron chi connectivity index (χ2n) is 3.78. The minimum atomic E-state index is -5.42. The average molecular weight is 518 g/mol. The van der Waals surface area contributed by atoms with Gasteiger partial charge in [-0.2, -0.15) is 52.7 Å². The Morgan fingerprint density at radius 1 is 0.517 bits per heavy atom. The van der Waals surface area contributed by atoms with Crippen molar-refractivity contribution in [3.63, 3.8) is 0 Å². The molecule has 29 heavy (non-hydrogen) atoms. The van der Waals surface area contributed by atoms with E-state index in [0.29, 0.717) is 0 Å². The fourth-order valence-electron chi connectivity index (χ4n) is 0.576. The summed E-state index contributed by atoms with van der Waals surface area (Å²) in [6.45, 7) is 0. The molecule has 0 aliphatic carbocycles. The van der Waals surface area contributed by atoms with E-state index in [4.69, 9.17) is 10.2 Å². The molecule has 6 nitrogen and oxygen atoms in total. The van der Waals surface area contributed by atoms with Crippen LogP contribution in [0.1, 0.15) is 0 Å². The molecule has 0 spiro atoms. The van der Waals surface area contributed by atoms with Crippen LogP contribution >= 0.6 is 0 Å². The van der Waals surface area contributed by atoms with E-state index in [2.05, 4.69) is 0 Å². The summed E-state index contributed by atoms with van der Waals surface area (Å²) in [4.78, 5) is 19.7. The molecule has 0 unspecified atom stereocenters. The summed E-state index contributed by atoms with van der Waals surface area (Å²) in [5, 5.41) is 15.9. The molecule has 0 aliphatic rings. The van der Waals surface area contributed by atoms with Gasteiger partial charge >= 0.3 is 24.7 Å². The third-order valence-corrected chi connectivity index (χ3v) is 1.68. The molecule has 0 bridgehead atoms. The summed E-state index contributed by atoms with van der Waals surface area (Å²) in [6, 6.07) is 0. The van der Waals surface area contributed by atoms with Gasteiger partial charge in [0.25, 0.3) is 11.6 Å². The van der Waals surface area contributed by atoms with Crippen molar-refractivity contribution in [1.82, 2.24) is 0 Å². The molecular weight excluding hydrogens is 509 g/mol. The van der Waals surface area contributed by atoms with Crippen LogP contribution in [0.25, 0.3) is 0 Å². The van der Waals surface area contributed by atoms with Gasteiger partial charge in [0.1, 0.15) is 0 Å². The summed E-state index contributed by atoms with van der Waals surface area (Å²) in [5.41, 5.74) is 0. The molecule has 0 fully saturated rings. The third kappa shape index (κ3) is 16.8. The Kier molecular flexibility index (Phi) is 16.5. The van der Waals surface area contributed by atoms with Gasteiger partial charge in [0.15, 0.2) is 0 Å². The number of carbonyl (C=O) groups is 2. The Labute approximate surface area is 163 Å². The van der Waals surface area contributed by atoms with Crippen LogP contribution in [0.15, 0.2) is 23.7 Å². The van der Waals surface area contributed by atoms with Crippen molar-refractivity contribution in [1.29, 1.82) is 0 Å². The van der Waals surface area contributed by atoms with E-state index >= 15 is 0 Å². The van der Waals surface area contributed by atoms with Gasteiger partial charge in [-0.15, -0.1) is 0 Å². The van der Waals surface area contributed by atoms with Crippen LogP contribution in [-0.2, 0) is 29.1 Å². The summed E-state index contributed by atoms with van der Waals surface area (Å²) in [5.74, 6) is -10.7. The van der Waals surface area contributed by atoms with Crippen molar-refractivity contribution in [3.8, 4) is 0 Å². The Balaban J connectivity index is -0.000000120. The summed E-state index contributed by atoms with van der Waals surface area (Å²) in [6.07, 6.45) is -23.4. The van der Waals surface area contributed by atoms with Crippen molar-refractivity contribution in [2.24, 2.45) is 0 Å². The van der Waals surface area contributed by atoms with E-state index in [1.54, 1.807) is 0 Å². The largest absolute Gasteiger partial charge is 0.504 e. The molecule has 170 valence electrons. The number of rotatable bonds is 2. The molecule has 19 heteroatoms. The van der Waals surface area contributed by atoms with E-state index in [1.807, 2.05) is 0 Å². The molecule has 0 rings (SSSR count). The van der Waals surface area contributed by atoms with E-state index in [1.165, 1.54) is 0 Å². The summed E-state index contributed by atoms with van der Waals surface area (Å²) < 4.78 is 136. The first-order valence-electron chi connectivity index (χ1n) is 5.28. The molecule has 6 N–H and O–H groups in total. The first-order valence-corrected chi connectivity index (χ1v) is 5.28. The fraction of sp³-hybridized carbons (Fsp3) is 0.400. The maximum Gasteiger partial charge on any atom is 0.454 e. The molecule has 0 aromatic carbocycles. The number of ketones is 2. The zero-order valence-corrected chi connectivity index (χ0v) is 16.1. The van der Waals surface area contributed by atoms with Crippen LogP contribution in [0.2, 0.25) is 0 Å². The standard InChI is InChI=1S/2C5H2F6O2.2H2O.Zn/c2*6-4(7,8)2(12)1-3(13)5(9,10)11;;;/h2*1,12H;2*1H2;/b2*2-1-;;;. The minimum absolute atomic E-state index is 0. The predicted octanol–water partition coefficient (Wildman–Crippen LogP) is 2.59. The van der Waals surface area contributed by atoms with Gasteiger partial charge in [0.05, 0.1) is 0 Å². The van der Waals surface area contributed by atoms with Crippen LogP contribution < -0.4 is 0 Å². The Morgan fingerprint density at radius 2 is 0.690 bits per heavy atom. The second kappa shape index (κ2) is 12.6. The quantitative estimate of drug-likeness (QED) is 0.252. The van der Waals surface area contributed by atoms with Gasteiger partial charge in [-0.1, -0.05) is 0 Å². The van der Waals surface area contributed by atoms with Crippen molar-refractivity contribution in [2.75, 3.05) is 0 Å². The number of halogens is 12. The van der Waals surface area contributed by atoms with Gasteiger partial charge in [0, 0.05) is 31.6 Å². The number of hydrogen-bond donors (Lipinski definition) is 2. The molecule has 0 saturated heterocycles. The molecule has 0 amide bonds. The van der Waals surface area contributed by atoms with Gasteiger partial charge < -0.3 is 21.2 Å². The van der Waals surface area contributed by atoms with Crippen LogP contribution in [0.3, 0.4) is 0 Å². The third-order valence-electron chi connectivity index (χ3n) is 1.68. The Morgan fingerprint density at radius 3 is 0.793 bits per heavy atom. The van der Waals surface area contributed by atoms with Crippen molar-refractivity contribution >= 4 is 11.6 Å². The van der Waals surface area contributed by atoms with E-state index < -0.39 is 59.9 Å². The van der Waals surface area contributed by atoms with Crippen molar-refractivity contribution < 1.29 is 103 Å². The monoisotopic (exact) mass is 516 g/mol. The number of aliphatic hydroxyl groups is 2. The number of hydrogen-bond acceptors (Lipinski definition) is 4. The van der Waals surface area contributed by atoms with Crippen LogP contribution in [0, 0.1) is 0 Å². The van der Waals surface area contributed by atoms with Crippen LogP contribution in [-0.4, -0.2) is 57.4 Å². The van der Waals surface area contributed by atoms with E-state index in [0.717, 1.165) is 0 Å². The number of aliphatic hydroxyl groups excluding tert-OH is 2. The Bertz CT molecular complexity index is 532. The molecule has 0 radical (unpaired) electrons. The van der Waals surface area contributed by atoms with Gasteiger partial charge in [-0.05, 0) is 0 Å². The smallest absolute Gasteiger partial charge is 0.454 e. The molecule has 0 saturated carbocycles. The number of carbonyl (C=O) groups excluding carboxylic acids is 2. The Hall–Kier alpha value is -1.88. The first-order chi connectivity index (χ1) is 11.1. The zero-order chi connectivity index (χ0) is 21.7. The normalized spacial score (nSPS) is 13.0. The van der Waals surface area contributed by atoms with Gasteiger partial charge in [-0.25, -0.2) is 0 Å². The summed E-state index contributed by atoms with van der Waals surface area (Å²) >= 11 is 0. The SMILES string of the molecule is O.O.O=C(/C=C(\O)C(F)(F)F)C(F)(F)F.O=C(/C=C(\O)C(F)(F)F)C(F)(F)F.[Zn]. The van der Waals surface area contributed by atoms with E-state index in [-0.39, 0.29) is 30.4 Å². The molecule has 0 aliphatic heterocycles. The predicted molar refractivity (Wildman–Crippen MR) is 62.9 cm³/mol. The van der Waals surface area contributed by atoms with Crippen LogP contribution in [0.4, 0.5) is 52.7 Å². The molecule has 0 aromatic rings. The summed E-state index contributed by atoms with van der Waals surface area (Å²) in [7, 11) is 0. The van der Waals surface area contributed by atoms with Gasteiger partial charge in [0.2, 0.25) is 11.5 Å². The van der Waals surface area contributed by atoms with Crippen LogP contribution in [0.5, 0.6) is 0 Å². The maximum atomic E-state index is 11.4. The second-order valence-corrected chi connectivity index (χ2v) is 3.78. The van der Waals surface area contributed by atoms with Crippen molar-refractivity contribution in [2.45, 2.75) is 24.7 Å². The molecule has 0 heterocycles.